The lowest BCUT2D eigenvalue weighted by molar-refractivity contribution is 0.569. The van der Waals surface area contributed by atoms with Crippen LogP contribution in [0, 0.1) is 0 Å². The highest BCUT2D eigenvalue weighted by molar-refractivity contribution is 6.05. The van der Waals surface area contributed by atoms with Gasteiger partial charge in [-0.1, -0.05) is 24.3 Å². The van der Waals surface area contributed by atoms with Gasteiger partial charge in [-0.15, -0.1) is 0 Å². The number of rotatable bonds is 0. The minimum absolute atomic E-state index is 0.418. The van der Waals surface area contributed by atoms with Gasteiger partial charge in [0.2, 0.25) is 0 Å². The first kappa shape index (κ1) is 17.4. The summed E-state index contributed by atoms with van der Waals surface area (Å²) in [6.07, 6.45) is 1.40. The van der Waals surface area contributed by atoms with Crippen molar-refractivity contribution in [3.63, 3.8) is 0 Å². The molecule has 0 spiro atoms. The van der Waals surface area contributed by atoms with Crippen molar-refractivity contribution >= 4 is 43.7 Å². The third kappa shape index (κ3) is 2.29. The Hall–Kier alpha value is -4.32. The molecule has 6 aromatic rings. The smallest absolute Gasteiger partial charge is 0.345 e. The Morgan fingerprint density at radius 1 is 0.594 bits per heavy atom. The molecule has 6 nitrogen and oxygen atoms in total. The Morgan fingerprint density at radius 3 is 1.50 bits per heavy atom. The topological polar surface area (TPSA) is 86.2 Å². The van der Waals surface area contributed by atoms with Crippen LogP contribution >= 0.6 is 0 Å². The van der Waals surface area contributed by atoms with Gasteiger partial charge in [-0.25, -0.2) is 9.59 Å². The number of para-hydroxylation sites is 2. The second-order valence-corrected chi connectivity index (χ2v) is 8.03. The minimum Gasteiger partial charge on any atom is -0.422 e. The molecule has 0 N–H and O–H groups in total. The van der Waals surface area contributed by atoms with Gasteiger partial charge in [0, 0.05) is 33.3 Å². The van der Waals surface area contributed by atoms with Crippen molar-refractivity contribution in [2.24, 2.45) is 0 Å². The molecule has 0 unspecified atom stereocenters. The largest absolute Gasteiger partial charge is 0.422 e. The average molecular weight is 418 g/mol. The highest BCUT2D eigenvalue weighted by Gasteiger charge is 2.23. The highest BCUT2D eigenvalue weighted by Crippen LogP contribution is 2.36. The number of hydrogen-bond acceptors (Lipinski definition) is 6. The molecular weight excluding hydrogens is 404 g/mol. The van der Waals surface area contributed by atoms with Gasteiger partial charge in [-0.05, 0) is 49.2 Å². The van der Waals surface area contributed by atoms with Gasteiger partial charge in [-0.2, -0.15) is 0 Å². The van der Waals surface area contributed by atoms with Crippen LogP contribution in [0.5, 0.6) is 0 Å². The number of aryl methyl sites for hydroxylation is 2. The molecule has 4 heterocycles. The van der Waals surface area contributed by atoms with Crippen LogP contribution in [-0.4, -0.2) is 9.97 Å². The maximum absolute atomic E-state index is 12.7. The maximum Gasteiger partial charge on any atom is 0.345 e. The first-order valence-corrected chi connectivity index (χ1v) is 10.4. The van der Waals surface area contributed by atoms with Crippen LogP contribution in [0.4, 0.5) is 0 Å². The fraction of sp³-hybridized carbons (Fsp3) is 0.0769. The predicted molar refractivity (Wildman–Crippen MR) is 122 cm³/mol. The Bertz CT molecular complexity index is 1740. The Morgan fingerprint density at radius 2 is 1.03 bits per heavy atom. The van der Waals surface area contributed by atoms with E-state index < -0.39 is 11.3 Å². The third-order valence-electron chi connectivity index (χ3n) is 6.22. The summed E-state index contributed by atoms with van der Waals surface area (Å²) >= 11 is 0. The zero-order valence-corrected chi connectivity index (χ0v) is 16.7. The second kappa shape index (κ2) is 6.11. The van der Waals surface area contributed by atoms with Crippen molar-refractivity contribution in [2.75, 3.05) is 0 Å². The van der Waals surface area contributed by atoms with Gasteiger partial charge < -0.3 is 8.83 Å². The zero-order chi connectivity index (χ0) is 21.4. The molecule has 0 aliphatic heterocycles. The van der Waals surface area contributed by atoms with Crippen molar-refractivity contribution in [1.82, 2.24) is 9.97 Å². The molecule has 1 aliphatic rings. The van der Waals surface area contributed by atoms with Crippen molar-refractivity contribution in [2.45, 2.75) is 12.8 Å². The van der Waals surface area contributed by atoms with E-state index in [9.17, 15) is 9.59 Å². The van der Waals surface area contributed by atoms with Crippen molar-refractivity contribution < 1.29 is 8.83 Å². The monoisotopic (exact) mass is 418 g/mol. The van der Waals surface area contributed by atoms with Crippen molar-refractivity contribution in [3.8, 4) is 11.1 Å². The quantitative estimate of drug-likeness (QED) is 0.261. The summed E-state index contributed by atoms with van der Waals surface area (Å²) in [6.45, 7) is 0. The van der Waals surface area contributed by atoms with Crippen LogP contribution in [0.3, 0.4) is 0 Å². The van der Waals surface area contributed by atoms with Crippen LogP contribution in [-0.2, 0) is 12.8 Å². The number of fused-ring (bicyclic) bond motifs is 9. The van der Waals surface area contributed by atoms with Crippen LogP contribution in [0.2, 0.25) is 0 Å². The molecule has 0 radical (unpaired) electrons. The minimum atomic E-state index is -0.430. The number of aromatic nitrogens is 2. The van der Waals surface area contributed by atoms with Gasteiger partial charge in [0.05, 0.1) is 21.8 Å². The molecule has 6 heteroatoms. The molecule has 2 aromatic carbocycles. The molecule has 1 aliphatic carbocycles. The number of pyridine rings is 2. The normalized spacial score (nSPS) is 13.0. The Kier molecular flexibility index (Phi) is 3.31. The van der Waals surface area contributed by atoms with Crippen LogP contribution in [0.1, 0.15) is 11.4 Å². The summed E-state index contributed by atoms with van der Waals surface area (Å²) in [6, 6.07) is 18.5. The zero-order valence-electron chi connectivity index (χ0n) is 16.7. The van der Waals surface area contributed by atoms with E-state index in [1.165, 1.54) is 0 Å². The number of benzene rings is 2. The Labute approximate surface area is 179 Å². The van der Waals surface area contributed by atoms with Crippen molar-refractivity contribution in [1.29, 1.82) is 0 Å². The summed E-state index contributed by atoms with van der Waals surface area (Å²) in [4.78, 5) is 35.2. The van der Waals surface area contributed by atoms with E-state index in [0.29, 0.717) is 45.8 Å². The van der Waals surface area contributed by atoms with E-state index in [2.05, 4.69) is 0 Å². The SMILES string of the molecule is O=c1oc2ccccc2c2nc3c(cc12)-c1cc2c(=O)oc4ccccc4c2nc1CC3. The molecule has 0 fully saturated rings. The van der Waals surface area contributed by atoms with Crippen LogP contribution in [0.15, 0.2) is 79.1 Å². The van der Waals surface area contributed by atoms with Crippen molar-refractivity contribution in [3.05, 3.63) is 92.9 Å². The van der Waals surface area contributed by atoms with Gasteiger partial charge in [0.15, 0.2) is 0 Å². The van der Waals surface area contributed by atoms with Gasteiger partial charge in [-0.3, -0.25) is 9.97 Å². The van der Waals surface area contributed by atoms with Crippen LogP contribution in [0.25, 0.3) is 54.9 Å². The third-order valence-corrected chi connectivity index (χ3v) is 6.22. The van der Waals surface area contributed by atoms with E-state index in [-0.39, 0.29) is 0 Å². The summed E-state index contributed by atoms with van der Waals surface area (Å²) in [7, 11) is 0. The lowest BCUT2D eigenvalue weighted by atomic mass is 9.90. The first-order valence-electron chi connectivity index (χ1n) is 10.4. The maximum atomic E-state index is 12.7. The molecule has 152 valence electrons. The molecule has 0 saturated carbocycles. The molecule has 0 amide bonds. The van der Waals surface area contributed by atoms with Crippen LogP contribution < -0.4 is 11.3 Å². The Balaban J connectivity index is 1.58. The molecule has 0 atom stereocenters. The molecule has 0 bridgehead atoms. The van der Waals surface area contributed by atoms with E-state index in [1.807, 2.05) is 48.5 Å². The summed E-state index contributed by atoms with van der Waals surface area (Å²) in [5, 5.41) is 2.45. The van der Waals surface area contributed by atoms with Gasteiger partial charge in [0.25, 0.3) is 0 Å². The number of nitrogens with zero attached hydrogens (tertiary/aromatic N) is 2. The summed E-state index contributed by atoms with van der Waals surface area (Å²) < 4.78 is 11.0. The second-order valence-electron chi connectivity index (χ2n) is 8.03. The molecule has 4 aromatic heterocycles. The molecule has 7 rings (SSSR count). The highest BCUT2D eigenvalue weighted by atomic mass is 16.4. The van der Waals surface area contributed by atoms with E-state index in [4.69, 9.17) is 18.8 Å². The van der Waals surface area contributed by atoms with Gasteiger partial charge >= 0.3 is 11.3 Å². The van der Waals surface area contributed by atoms with Gasteiger partial charge in [0.1, 0.15) is 11.2 Å². The van der Waals surface area contributed by atoms with E-state index in [1.54, 1.807) is 12.1 Å². The fourth-order valence-electron chi connectivity index (χ4n) is 4.72. The molecule has 32 heavy (non-hydrogen) atoms. The lowest BCUT2D eigenvalue weighted by Gasteiger charge is -2.20. The van der Waals surface area contributed by atoms with E-state index >= 15 is 0 Å². The average Bonchev–Trinajstić information content (AvgIpc) is 2.82. The lowest BCUT2D eigenvalue weighted by Crippen LogP contribution is -2.12. The summed E-state index contributed by atoms with van der Waals surface area (Å²) in [5.74, 6) is 0. The molecular formula is C26H14N2O4. The molecule has 0 saturated heterocycles. The fourth-order valence-corrected chi connectivity index (χ4v) is 4.72. The predicted octanol–water partition coefficient (Wildman–Crippen LogP) is 4.76. The van der Waals surface area contributed by atoms with E-state index in [0.717, 1.165) is 33.3 Å². The standard InChI is InChI=1S/C26H14N2O4/c29-25-17-11-15-16-12-18-24(14-6-2-4-8-22(14)32-26(18)30)28-20(16)10-9-19(15)27-23(17)13-5-1-3-7-21(13)31-25/h1-8,11-12H,9-10H2. The first-order chi connectivity index (χ1) is 15.7. The number of hydrogen-bond donors (Lipinski definition) is 0. The summed E-state index contributed by atoms with van der Waals surface area (Å²) in [5.41, 5.74) is 4.83.